The van der Waals surface area contributed by atoms with Crippen LogP contribution < -0.4 is 10.6 Å². The second kappa shape index (κ2) is 6.53. The van der Waals surface area contributed by atoms with Crippen LogP contribution in [0.1, 0.15) is 30.9 Å². The lowest BCUT2D eigenvalue weighted by molar-refractivity contribution is -0.136. The lowest BCUT2D eigenvalue weighted by atomic mass is 10.1. The zero-order valence-electron chi connectivity index (χ0n) is 12.0. The van der Waals surface area contributed by atoms with Gasteiger partial charge in [0, 0.05) is 18.8 Å². The molecule has 114 valence electrons. The maximum Gasteiger partial charge on any atom is 0.320 e. The summed E-state index contributed by atoms with van der Waals surface area (Å²) in [7, 11) is 2.08. The van der Waals surface area contributed by atoms with Gasteiger partial charge in [0.25, 0.3) is 0 Å². The molecule has 1 fully saturated rings. The van der Waals surface area contributed by atoms with Crippen molar-refractivity contribution in [2.75, 3.05) is 25.0 Å². The first-order valence-corrected chi connectivity index (χ1v) is 6.94. The first-order chi connectivity index (χ1) is 9.99. The van der Waals surface area contributed by atoms with Crippen LogP contribution >= 0.6 is 0 Å². The molecule has 0 spiro atoms. The third-order valence-electron chi connectivity index (χ3n) is 3.77. The highest BCUT2D eigenvalue weighted by molar-refractivity contribution is 5.90. The summed E-state index contributed by atoms with van der Waals surface area (Å²) in [5.74, 6) is -0.599. The van der Waals surface area contributed by atoms with Crippen molar-refractivity contribution in [3.05, 3.63) is 23.9 Å². The number of likely N-dealkylation sites (tertiary alicyclic amines) is 1. The van der Waals surface area contributed by atoms with Gasteiger partial charge in [0.1, 0.15) is 5.82 Å². The van der Waals surface area contributed by atoms with Crippen LogP contribution in [0, 0.1) is 0 Å². The molecule has 1 aromatic heterocycles. The zero-order chi connectivity index (χ0) is 15.4. The summed E-state index contributed by atoms with van der Waals surface area (Å²) in [6.45, 7) is 1.08. The number of pyridine rings is 1. The van der Waals surface area contributed by atoms with Gasteiger partial charge in [0.15, 0.2) is 0 Å². The molecule has 1 aromatic rings. The lowest BCUT2D eigenvalue weighted by Crippen LogP contribution is -2.38. The van der Waals surface area contributed by atoms with Gasteiger partial charge in [-0.2, -0.15) is 0 Å². The number of rotatable bonds is 5. The number of aromatic nitrogens is 1. The predicted octanol–water partition coefficient (Wildman–Crippen LogP) is 1.21. The van der Waals surface area contributed by atoms with Crippen LogP contribution in [0.2, 0.25) is 0 Å². The number of carbonyl (C=O) groups is 2. The van der Waals surface area contributed by atoms with E-state index in [1.54, 1.807) is 12.3 Å². The van der Waals surface area contributed by atoms with Crippen LogP contribution in [0.15, 0.2) is 18.3 Å². The molecular formula is C14H20N4O3. The number of aliphatic carboxylic acids is 1. The third-order valence-corrected chi connectivity index (χ3v) is 3.77. The van der Waals surface area contributed by atoms with Crippen molar-refractivity contribution in [2.24, 2.45) is 5.73 Å². The third kappa shape index (κ3) is 3.69. The van der Waals surface area contributed by atoms with Gasteiger partial charge in [-0.1, -0.05) is 6.07 Å². The van der Waals surface area contributed by atoms with Crippen LogP contribution in [0.25, 0.3) is 0 Å². The number of hydrogen-bond donors (Lipinski definition) is 2. The fraction of sp³-hybridized carbons (Fsp3) is 0.500. The van der Waals surface area contributed by atoms with Crippen molar-refractivity contribution in [1.29, 1.82) is 0 Å². The maximum absolute atomic E-state index is 11.4. The minimum absolute atomic E-state index is 0.0142. The van der Waals surface area contributed by atoms with Gasteiger partial charge in [-0.25, -0.2) is 9.78 Å². The number of primary amides is 1. The minimum atomic E-state index is -0.981. The van der Waals surface area contributed by atoms with E-state index in [1.807, 2.05) is 6.07 Å². The maximum atomic E-state index is 11.4. The highest BCUT2D eigenvalue weighted by Gasteiger charge is 2.23. The van der Waals surface area contributed by atoms with E-state index in [2.05, 4.69) is 16.9 Å². The Morgan fingerprint density at radius 1 is 1.52 bits per heavy atom. The average molecular weight is 292 g/mol. The number of nitrogens with zero attached hydrogens (tertiary/aromatic N) is 3. The van der Waals surface area contributed by atoms with E-state index in [0.717, 1.165) is 24.9 Å². The van der Waals surface area contributed by atoms with Crippen molar-refractivity contribution < 1.29 is 14.7 Å². The average Bonchev–Trinajstić information content (AvgIpc) is 2.85. The molecule has 2 rings (SSSR count). The summed E-state index contributed by atoms with van der Waals surface area (Å²) in [6.07, 6.45) is 3.82. The number of carboxylic acid groups (broad SMARTS) is 1. The van der Waals surface area contributed by atoms with Crippen molar-refractivity contribution in [3.8, 4) is 0 Å². The number of nitrogens with two attached hydrogens (primary N) is 1. The Morgan fingerprint density at radius 3 is 2.76 bits per heavy atom. The Hall–Kier alpha value is -2.15. The van der Waals surface area contributed by atoms with Crippen molar-refractivity contribution in [1.82, 2.24) is 9.88 Å². The van der Waals surface area contributed by atoms with Crippen LogP contribution in [0.4, 0.5) is 10.6 Å². The molecule has 2 amide bonds. The Bertz CT molecular complexity index is 517. The Balaban J connectivity index is 2.11. The molecule has 0 radical (unpaired) electrons. The molecule has 3 N–H and O–H groups in total. The number of anilines is 1. The van der Waals surface area contributed by atoms with Gasteiger partial charge in [-0.3, -0.25) is 14.6 Å². The normalized spacial score (nSPS) is 18.6. The van der Waals surface area contributed by atoms with E-state index >= 15 is 0 Å². The minimum Gasteiger partial charge on any atom is -0.481 e. The fourth-order valence-corrected chi connectivity index (χ4v) is 2.63. The Labute approximate surface area is 123 Å². The van der Waals surface area contributed by atoms with Gasteiger partial charge in [0.2, 0.25) is 0 Å². The molecule has 0 aromatic carbocycles. The zero-order valence-corrected chi connectivity index (χ0v) is 12.0. The summed E-state index contributed by atoms with van der Waals surface area (Å²) in [5, 5.41) is 8.70. The SMILES string of the molecule is CN1CCCC1c1ccc(N(CCC(=O)O)C(N)=O)nc1. The molecule has 2 heterocycles. The van der Waals surface area contributed by atoms with E-state index in [4.69, 9.17) is 10.8 Å². The lowest BCUT2D eigenvalue weighted by Gasteiger charge is -2.22. The molecule has 1 unspecified atom stereocenters. The van der Waals surface area contributed by atoms with Crippen LogP contribution in [0.3, 0.4) is 0 Å². The number of carboxylic acids is 1. The summed E-state index contributed by atoms with van der Waals surface area (Å²) >= 11 is 0. The molecule has 0 aliphatic carbocycles. The molecule has 1 atom stereocenters. The molecule has 0 saturated carbocycles. The second-order valence-electron chi connectivity index (χ2n) is 5.22. The van der Waals surface area contributed by atoms with E-state index in [1.165, 1.54) is 4.90 Å². The Morgan fingerprint density at radius 2 is 2.29 bits per heavy atom. The molecule has 0 bridgehead atoms. The molecule has 1 saturated heterocycles. The number of hydrogen-bond acceptors (Lipinski definition) is 4. The first kappa shape index (κ1) is 15.2. The van der Waals surface area contributed by atoms with E-state index in [9.17, 15) is 9.59 Å². The summed E-state index contributed by atoms with van der Waals surface area (Å²) in [4.78, 5) is 29.7. The van der Waals surface area contributed by atoms with Crippen molar-refractivity contribution in [2.45, 2.75) is 25.3 Å². The number of carbonyl (C=O) groups excluding carboxylic acids is 1. The smallest absolute Gasteiger partial charge is 0.320 e. The quantitative estimate of drug-likeness (QED) is 0.849. The standard InChI is InChI=1S/C14H20N4O3/c1-17-7-2-3-11(17)10-4-5-12(16-9-10)18(14(15)21)8-6-13(19)20/h4-5,9,11H,2-3,6-8H2,1H3,(H2,15,21)(H,19,20). The Kier molecular flexibility index (Phi) is 4.74. The topological polar surface area (TPSA) is 99.8 Å². The summed E-state index contributed by atoms with van der Waals surface area (Å²) < 4.78 is 0. The second-order valence-corrected chi connectivity index (χ2v) is 5.22. The van der Waals surface area contributed by atoms with Gasteiger partial charge >= 0.3 is 12.0 Å². The summed E-state index contributed by atoms with van der Waals surface area (Å²) in [5.41, 5.74) is 6.38. The van der Waals surface area contributed by atoms with Crippen LogP contribution in [0.5, 0.6) is 0 Å². The van der Waals surface area contributed by atoms with Gasteiger partial charge in [-0.05, 0) is 38.1 Å². The number of amides is 2. The van der Waals surface area contributed by atoms with Gasteiger partial charge in [0.05, 0.1) is 6.42 Å². The predicted molar refractivity (Wildman–Crippen MR) is 78.0 cm³/mol. The fourth-order valence-electron chi connectivity index (χ4n) is 2.63. The van der Waals surface area contributed by atoms with Crippen LogP contribution in [-0.2, 0) is 4.79 Å². The molecule has 7 nitrogen and oxygen atoms in total. The highest BCUT2D eigenvalue weighted by Crippen LogP contribution is 2.30. The molecule has 1 aliphatic heterocycles. The van der Waals surface area contributed by atoms with Crippen molar-refractivity contribution in [3.63, 3.8) is 0 Å². The monoisotopic (exact) mass is 292 g/mol. The molecular weight excluding hydrogens is 272 g/mol. The largest absolute Gasteiger partial charge is 0.481 e. The number of urea groups is 1. The van der Waals surface area contributed by atoms with E-state index in [0.29, 0.717) is 11.9 Å². The van der Waals surface area contributed by atoms with Gasteiger partial charge in [-0.15, -0.1) is 0 Å². The van der Waals surface area contributed by atoms with Crippen molar-refractivity contribution >= 4 is 17.8 Å². The molecule has 21 heavy (non-hydrogen) atoms. The van der Waals surface area contributed by atoms with Gasteiger partial charge < -0.3 is 10.8 Å². The molecule has 1 aliphatic rings. The first-order valence-electron chi connectivity index (χ1n) is 6.94. The van der Waals surface area contributed by atoms with Crippen LogP contribution in [-0.4, -0.2) is 47.1 Å². The summed E-state index contributed by atoms with van der Waals surface area (Å²) in [6, 6.07) is 3.29. The highest BCUT2D eigenvalue weighted by atomic mass is 16.4. The van der Waals surface area contributed by atoms with E-state index < -0.39 is 12.0 Å². The molecule has 7 heteroatoms. The van der Waals surface area contributed by atoms with E-state index in [-0.39, 0.29) is 13.0 Å².